The number of amides is 2. The number of aromatic nitrogens is 2. The monoisotopic (exact) mass is 468 g/mol. The van der Waals surface area contributed by atoms with Crippen molar-refractivity contribution in [2.75, 3.05) is 23.4 Å². The fraction of sp³-hybridized carbons (Fsp3) is 0.250. The lowest BCUT2D eigenvalue weighted by Crippen LogP contribution is -2.30. The van der Waals surface area contributed by atoms with Crippen molar-refractivity contribution in [3.8, 4) is 17.0 Å². The summed E-state index contributed by atoms with van der Waals surface area (Å²) in [5, 5.41) is 3.12. The van der Waals surface area contributed by atoms with Crippen LogP contribution < -0.4 is 15.0 Å². The first-order chi connectivity index (χ1) is 15.9. The Kier molecular flexibility index (Phi) is 6.84. The van der Waals surface area contributed by atoms with Gasteiger partial charge in [-0.05, 0) is 55.2 Å². The van der Waals surface area contributed by atoms with E-state index in [1.807, 2.05) is 12.1 Å². The van der Waals surface area contributed by atoms with E-state index in [9.17, 15) is 14.0 Å². The summed E-state index contributed by atoms with van der Waals surface area (Å²) < 4.78 is 18.6. The third kappa shape index (κ3) is 5.84. The molecule has 1 saturated carbocycles. The largest absolute Gasteiger partial charge is 0.479 e. The van der Waals surface area contributed by atoms with Gasteiger partial charge in [-0.3, -0.25) is 14.6 Å². The Morgan fingerprint density at radius 1 is 1.21 bits per heavy atom. The lowest BCUT2D eigenvalue weighted by atomic mass is 10.1. The van der Waals surface area contributed by atoms with E-state index in [2.05, 4.69) is 15.3 Å². The lowest BCUT2D eigenvalue weighted by molar-refractivity contribution is -0.118. The van der Waals surface area contributed by atoms with Gasteiger partial charge >= 0.3 is 0 Å². The van der Waals surface area contributed by atoms with Gasteiger partial charge in [-0.2, -0.15) is 4.39 Å². The Bertz CT molecular complexity index is 1170. The van der Waals surface area contributed by atoms with Crippen LogP contribution in [-0.4, -0.2) is 34.9 Å². The molecule has 9 heteroatoms. The topological polar surface area (TPSA) is 84.4 Å². The Hall–Kier alpha value is -3.52. The van der Waals surface area contributed by atoms with Crippen LogP contribution in [0, 0.1) is 11.9 Å². The molecular formula is C24H22ClFN4O3. The summed E-state index contributed by atoms with van der Waals surface area (Å²) in [5.74, 6) is -0.824. The van der Waals surface area contributed by atoms with Crippen molar-refractivity contribution in [3.63, 3.8) is 0 Å². The number of ether oxygens (including phenoxy) is 1. The van der Waals surface area contributed by atoms with Gasteiger partial charge in [0.05, 0.1) is 28.3 Å². The van der Waals surface area contributed by atoms with E-state index < -0.39 is 11.9 Å². The SMILES string of the molecule is CC(=O)N(CC1CC1)c1ccc(-c2ccc(NC(=O)COc3cccnc3F)cn2)cc1Cl. The molecule has 3 aromatic rings. The summed E-state index contributed by atoms with van der Waals surface area (Å²) in [6.45, 7) is 1.85. The maximum Gasteiger partial charge on any atom is 0.262 e. The molecule has 4 rings (SSSR count). The van der Waals surface area contributed by atoms with Crippen molar-refractivity contribution in [1.82, 2.24) is 9.97 Å². The van der Waals surface area contributed by atoms with Crippen LogP contribution >= 0.6 is 11.6 Å². The first kappa shape index (κ1) is 22.7. The molecule has 0 spiro atoms. The molecule has 1 aliphatic rings. The van der Waals surface area contributed by atoms with Crippen LogP contribution in [0.1, 0.15) is 19.8 Å². The molecule has 0 bridgehead atoms. The van der Waals surface area contributed by atoms with Crippen LogP contribution in [0.25, 0.3) is 11.3 Å². The highest BCUT2D eigenvalue weighted by Gasteiger charge is 2.27. The molecule has 2 amide bonds. The molecule has 0 saturated heterocycles. The molecular weight excluding hydrogens is 447 g/mol. The molecule has 7 nitrogen and oxygen atoms in total. The van der Waals surface area contributed by atoms with Gasteiger partial charge in [-0.25, -0.2) is 4.98 Å². The Morgan fingerprint density at radius 3 is 2.67 bits per heavy atom. The van der Waals surface area contributed by atoms with Gasteiger partial charge in [0.15, 0.2) is 12.4 Å². The number of benzene rings is 1. The zero-order chi connectivity index (χ0) is 23.4. The maximum atomic E-state index is 13.5. The van der Waals surface area contributed by atoms with Gasteiger partial charge in [0, 0.05) is 25.2 Å². The predicted octanol–water partition coefficient (Wildman–Crippen LogP) is 4.72. The summed E-state index contributed by atoms with van der Waals surface area (Å²) in [6.07, 6.45) is 5.08. The standard InChI is InChI=1S/C24H22ClFN4O3/c1-15(31)30(13-16-4-5-16)21-9-6-17(11-19(21)25)20-8-7-18(12-28-20)29-23(32)14-33-22-3-2-10-27-24(22)26/h2-3,6-12,16H,4-5,13-14H2,1H3,(H,29,32). The molecule has 1 aromatic carbocycles. The van der Waals surface area contributed by atoms with Crippen molar-refractivity contribution in [1.29, 1.82) is 0 Å². The number of anilines is 2. The van der Waals surface area contributed by atoms with Gasteiger partial charge in [-0.15, -0.1) is 0 Å². The highest BCUT2D eigenvalue weighted by Crippen LogP contribution is 2.35. The van der Waals surface area contributed by atoms with Crippen LogP contribution in [0.2, 0.25) is 5.02 Å². The molecule has 2 heterocycles. The van der Waals surface area contributed by atoms with Crippen LogP contribution in [0.3, 0.4) is 0 Å². The van der Waals surface area contributed by atoms with E-state index in [1.54, 1.807) is 30.0 Å². The van der Waals surface area contributed by atoms with Crippen molar-refractivity contribution in [2.24, 2.45) is 5.92 Å². The minimum Gasteiger partial charge on any atom is -0.479 e. The number of nitrogens with one attached hydrogen (secondary N) is 1. The van der Waals surface area contributed by atoms with E-state index in [0.717, 1.165) is 18.4 Å². The molecule has 0 radical (unpaired) electrons. The van der Waals surface area contributed by atoms with Gasteiger partial charge in [-0.1, -0.05) is 17.7 Å². The number of pyridine rings is 2. The Balaban J connectivity index is 1.39. The summed E-state index contributed by atoms with van der Waals surface area (Å²) in [4.78, 5) is 33.7. The highest BCUT2D eigenvalue weighted by molar-refractivity contribution is 6.34. The van der Waals surface area contributed by atoms with E-state index in [0.29, 0.717) is 34.6 Å². The second kappa shape index (κ2) is 9.95. The first-order valence-electron chi connectivity index (χ1n) is 10.5. The molecule has 1 fully saturated rings. The second-order valence-corrected chi connectivity index (χ2v) is 8.21. The van der Waals surface area contributed by atoms with Crippen molar-refractivity contribution < 1.29 is 18.7 Å². The van der Waals surface area contributed by atoms with Gasteiger partial charge in [0.1, 0.15) is 0 Å². The zero-order valence-electron chi connectivity index (χ0n) is 17.9. The average Bonchev–Trinajstić information content (AvgIpc) is 3.62. The lowest BCUT2D eigenvalue weighted by Gasteiger charge is -2.22. The molecule has 170 valence electrons. The fourth-order valence-corrected chi connectivity index (χ4v) is 3.58. The highest BCUT2D eigenvalue weighted by atomic mass is 35.5. The van der Waals surface area contributed by atoms with Gasteiger partial charge in [0.25, 0.3) is 11.9 Å². The van der Waals surface area contributed by atoms with Gasteiger partial charge < -0.3 is 15.0 Å². The quantitative estimate of drug-likeness (QED) is 0.484. The number of nitrogens with zero attached hydrogens (tertiary/aromatic N) is 3. The van der Waals surface area contributed by atoms with Gasteiger partial charge in [0.2, 0.25) is 5.91 Å². The molecule has 0 atom stereocenters. The van der Waals surface area contributed by atoms with E-state index >= 15 is 0 Å². The van der Waals surface area contributed by atoms with Crippen LogP contribution in [0.5, 0.6) is 5.75 Å². The zero-order valence-corrected chi connectivity index (χ0v) is 18.7. The third-order valence-electron chi connectivity index (χ3n) is 5.18. The summed E-state index contributed by atoms with van der Waals surface area (Å²) in [7, 11) is 0. The van der Waals surface area contributed by atoms with Crippen molar-refractivity contribution in [2.45, 2.75) is 19.8 Å². The number of carbonyl (C=O) groups is 2. The van der Waals surface area contributed by atoms with Crippen LogP contribution in [0.4, 0.5) is 15.8 Å². The van der Waals surface area contributed by atoms with Crippen LogP contribution in [0.15, 0.2) is 54.9 Å². The van der Waals surface area contributed by atoms with E-state index in [1.165, 1.54) is 24.5 Å². The fourth-order valence-electron chi connectivity index (χ4n) is 3.30. The minimum atomic E-state index is -0.778. The summed E-state index contributed by atoms with van der Waals surface area (Å²) in [5.41, 5.74) is 2.60. The third-order valence-corrected chi connectivity index (χ3v) is 5.49. The maximum absolute atomic E-state index is 13.5. The molecule has 33 heavy (non-hydrogen) atoms. The first-order valence-corrected chi connectivity index (χ1v) is 10.9. The molecule has 0 unspecified atom stereocenters. The number of carbonyl (C=O) groups excluding carboxylic acids is 2. The molecule has 0 aliphatic heterocycles. The van der Waals surface area contributed by atoms with E-state index in [4.69, 9.17) is 16.3 Å². The predicted molar refractivity (Wildman–Crippen MR) is 124 cm³/mol. The number of rotatable bonds is 8. The Labute approximate surface area is 195 Å². The minimum absolute atomic E-state index is 0.0370. The van der Waals surface area contributed by atoms with Crippen LogP contribution in [-0.2, 0) is 9.59 Å². The number of halogens is 2. The molecule has 2 aromatic heterocycles. The molecule has 1 N–H and O–H groups in total. The van der Waals surface area contributed by atoms with Crippen molar-refractivity contribution in [3.05, 3.63) is 65.8 Å². The molecule has 1 aliphatic carbocycles. The number of hydrogen-bond donors (Lipinski definition) is 1. The average molecular weight is 469 g/mol. The van der Waals surface area contributed by atoms with E-state index in [-0.39, 0.29) is 18.3 Å². The summed E-state index contributed by atoms with van der Waals surface area (Å²) in [6, 6.07) is 11.8. The summed E-state index contributed by atoms with van der Waals surface area (Å²) >= 11 is 6.49. The second-order valence-electron chi connectivity index (χ2n) is 7.80. The van der Waals surface area contributed by atoms with Crippen molar-refractivity contribution >= 4 is 34.8 Å². The smallest absolute Gasteiger partial charge is 0.262 e. The number of hydrogen-bond acceptors (Lipinski definition) is 5. The normalized spacial score (nSPS) is 12.8. The Morgan fingerprint density at radius 2 is 2.03 bits per heavy atom.